The van der Waals surface area contributed by atoms with E-state index in [1.807, 2.05) is 13.8 Å². The van der Waals surface area contributed by atoms with Crippen LogP contribution in [0.2, 0.25) is 4.71 Å². The van der Waals surface area contributed by atoms with E-state index in [4.69, 9.17) is 0 Å². The van der Waals surface area contributed by atoms with E-state index in [1.165, 1.54) is 0 Å². The van der Waals surface area contributed by atoms with Gasteiger partial charge < -0.3 is 0 Å². The number of amides is 2. The molecule has 1 aromatic heterocycles. The van der Waals surface area contributed by atoms with Crippen molar-refractivity contribution in [1.82, 2.24) is 20.6 Å². The van der Waals surface area contributed by atoms with Gasteiger partial charge in [0, 0.05) is 0 Å². The van der Waals surface area contributed by atoms with Gasteiger partial charge in [-0.05, 0) is 0 Å². The topological polar surface area (TPSA) is 144 Å². The van der Waals surface area contributed by atoms with E-state index in [1.54, 1.807) is 12.5 Å². The van der Waals surface area contributed by atoms with Crippen molar-refractivity contribution in [3.05, 3.63) is 18.2 Å². The zero-order valence-corrected chi connectivity index (χ0v) is 21.5. The van der Waals surface area contributed by atoms with Gasteiger partial charge >= 0.3 is 180 Å². The van der Waals surface area contributed by atoms with Crippen molar-refractivity contribution >= 4 is 36.7 Å². The summed E-state index contributed by atoms with van der Waals surface area (Å²) in [6.45, 7) is 3.65. The van der Waals surface area contributed by atoms with Crippen LogP contribution in [0.1, 0.15) is 58.1 Å². The Balaban J connectivity index is 1.85. The van der Waals surface area contributed by atoms with E-state index >= 15 is 0 Å². The molecule has 0 aromatic carbocycles. The number of hydrogen-bond donors (Lipinski definition) is 5. The SMILES string of the molecule is CC(C)[C@H](NC(=O)[C@@H]([As])Cc1cnc[nH]1)C(=O)NC[C@H](O)CC(C1CCCCC1)[P+](=O)O. The molecule has 0 bridgehead atoms. The van der Waals surface area contributed by atoms with Gasteiger partial charge in [-0.1, -0.05) is 19.3 Å². The molecule has 0 saturated heterocycles. The summed E-state index contributed by atoms with van der Waals surface area (Å²) < 4.78 is 11.5. The molecule has 5 N–H and O–H groups in total. The molecule has 2 radical (unpaired) electrons. The molecule has 1 aromatic rings. The number of H-pyrrole nitrogens is 1. The molecule has 1 aliphatic rings. The molecular formula is C21H35AsN4O5P+. The molecule has 2 unspecified atom stereocenters. The first kappa shape index (κ1) is 27.0. The second kappa shape index (κ2) is 13.4. The third kappa shape index (κ3) is 8.58. The molecule has 0 aliphatic heterocycles. The maximum absolute atomic E-state index is 12.7. The van der Waals surface area contributed by atoms with Gasteiger partial charge in [0.2, 0.25) is 0 Å². The Hall–Kier alpha value is -1.27. The summed E-state index contributed by atoms with van der Waals surface area (Å²) in [7, 11) is -2.39. The number of rotatable bonds is 12. The first-order valence-corrected chi connectivity index (χ1v) is 13.6. The van der Waals surface area contributed by atoms with Crippen LogP contribution in [0.3, 0.4) is 0 Å². The molecule has 2 rings (SSSR count). The van der Waals surface area contributed by atoms with Gasteiger partial charge in [0.25, 0.3) is 0 Å². The van der Waals surface area contributed by atoms with Crippen molar-refractivity contribution in [3.63, 3.8) is 0 Å². The second-order valence-electron chi connectivity index (χ2n) is 8.93. The van der Waals surface area contributed by atoms with Crippen LogP contribution in [0.4, 0.5) is 0 Å². The third-order valence-electron chi connectivity index (χ3n) is 6.02. The predicted octanol–water partition coefficient (Wildman–Crippen LogP) is 1.60. The molecule has 1 fully saturated rings. The van der Waals surface area contributed by atoms with Gasteiger partial charge in [-0.15, -0.1) is 0 Å². The van der Waals surface area contributed by atoms with Gasteiger partial charge in [-0.3, -0.25) is 0 Å². The molecule has 11 heteroatoms. The molecule has 1 aliphatic carbocycles. The van der Waals surface area contributed by atoms with Crippen molar-refractivity contribution in [2.75, 3.05) is 6.54 Å². The van der Waals surface area contributed by atoms with Gasteiger partial charge in [0.1, 0.15) is 0 Å². The van der Waals surface area contributed by atoms with E-state index in [2.05, 4.69) is 37.5 Å². The van der Waals surface area contributed by atoms with Crippen molar-refractivity contribution < 1.29 is 24.2 Å². The number of aromatic nitrogens is 2. The van der Waals surface area contributed by atoms with E-state index in [9.17, 15) is 24.2 Å². The van der Waals surface area contributed by atoms with E-state index < -0.39 is 30.5 Å². The van der Waals surface area contributed by atoms with Crippen LogP contribution in [0.25, 0.3) is 0 Å². The standard InChI is InChI=1S/C21H34AsN4O5P/c1-13(2)19(26-20(28)17(22)8-15-10-23-12-25-15)21(29)24-11-16(27)9-18(32(30)31)14-6-4-3-5-7-14/h10,12-14,16-19,27H,3-9,11H2,1-2H3,(H3-,23,24,25,26,28,29,30,31)/p+1/t16-,17+,18?,19+/m1/s1. The summed E-state index contributed by atoms with van der Waals surface area (Å²) in [5.74, 6) is -0.648. The number of aliphatic hydroxyl groups excluding tert-OH is 1. The minimum absolute atomic E-state index is 0.0237. The monoisotopic (exact) mass is 529 g/mol. The Morgan fingerprint density at radius 1 is 1.28 bits per heavy atom. The number of imidazole rings is 1. The molecule has 1 saturated carbocycles. The van der Waals surface area contributed by atoms with Gasteiger partial charge in [0.15, 0.2) is 0 Å². The van der Waals surface area contributed by atoms with Crippen LogP contribution in [0.15, 0.2) is 12.5 Å². The molecule has 2 amide bonds. The van der Waals surface area contributed by atoms with Gasteiger partial charge in [-0.2, -0.15) is 0 Å². The first-order chi connectivity index (χ1) is 15.2. The molecular weight excluding hydrogens is 494 g/mol. The van der Waals surface area contributed by atoms with Crippen LogP contribution in [-0.2, 0) is 20.6 Å². The van der Waals surface area contributed by atoms with Crippen molar-refractivity contribution in [1.29, 1.82) is 0 Å². The Bertz CT molecular complexity index is 743. The molecule has 178 valence electrons. The zero-order valence-electron chi connectivity index (χ0n) is 18.7. The van der Waals surface area contributed by atoms with E-state index in [0.717, 1.165) is 37.8 Å². The van der Waals surface area contributed by atoms with Crippen molar-refractivity contribution in [2.24, 2.45) is 11.8 Å². The molecule has 32 heavy (non-hydrogen) atoms. The third-order valence-corrected chi connectivity index (χ3v) is 8.10. The molecule has 5 atom stereocenters. The Kier molecular flexibility index (Phi) is 11.3. The second-order valence-corrected chi connectivity index (χ2v) is 11.5. The van der Waals surface area contributed by atoms with Crippen LogP contribution in [0.5, 0.6) is 0 Å². The predicted molar refractivity (Wildman–Crippen MR) is 122 cm³/mol. The number of aliphatic hydroxyl groups is 1. The Morgan fingerprint density at radius 2 is 1.97 bits per heavy atom. The Labute approximate surface area is 199 Å². The summed E-state index contributed by atoms with van der Waals surface area (Å²) in [5.41, 5.74) is 0.369. The van der Waals surface area contributed by atoms with Gasteiger partial charge in [0.05, 0.1) is 0 Å². The average molecular weight is 529 g/mol. The zero-order chi connectivity index (χ0) is 23.7. The molecule has 1 heterocycles. The van der Waals surface area contributed by atoms with Crippen LogP contribution in [0, 0.1) is 11.8 Å². The van der Waals surface area contributed by atoms with E-state index in [-0.39, 0.29) is 36.6 Å². The quantitative estimate of drug-likeness (QED) is 0.206. The van der Waals surface area contributed by atoms with Crippen LogP contribution >= 0.6 is 8.03 Å². The first-order valence-electron chi connectivity index (χ1n) is 11.3. The number of nitrogens with zero attached hydrogens (tertiary/aromatic N) is 1. The normalized spacial score (nSPS) is 19.1. The van der Waals surface area contributed by atoms with Crippen molar-refractivity contribution in [3.8, 4) is 0 Å². The summed E-state index contributed by atoms with van der Waals surface area (Å²) >= 11 is 2.31. The number of carbonyl (C=O) groups is 2. The fourth-order valence-corrected chi connectivity index (χ4v) is 5.81. The Morgan fingerprint density at radius 3 is 2.53 bits per heavy atom. The summed E-state index contributed by atoms with van der Waals surface area (Å²) in [6.07, 6.45) is 7.96. The fourth-order valence-electron chi connectivity index (χ4n) is 4.15. The van der Waals surface area contributed by atoms with E-state index in [0.29, 0.717) is 6.42 Å². The molecule has 0 spiro atoms. The average Bonchev–Trinajstić information content (AvgIpc) is 3.27. The number of nitrogens with one attached hydrogen (secondary N) is 3. The van der Waals surface area contributed by atoms with Crippen molar-refractivity contribution in [2.45, 2.75) is 81.3 Å². The minimum atomic E-state index is -2.39. The number of aromatic amines is 1. The number of carbonyl (C=O) groups excluding carboxylic acids is 2. The van der Waals surface area contributed by atoms with Crippen LogP contribution in [-0.4, -0.2) is 73.0 Å². The van der Waals surface area contributed by atoms with Gasteiger partial charge in [-0.25, -0.2) is 0 Å². The summed E-state index contributed by atoms with van der Waals surface area (Å²) in [4.78, 5) is 41.9. The summed E-state index contributed by atoms with van der Waals surface area (Å²) in [6, 6.07) is -0.744. The van der Waals surface area contributed by atoms with Crippen LogP contribution < -0.4 is 10.6 Å². The fraction of sp³-hybridized carbons (Fsp3) is 0.762. The number of hydrogen-bond acceptors (Lipinski definition) is 5. The summed E-state index contributed by atoms with van der Waals surface area (Å²) in [5, 5.41) is 15.9. The molecule has 9 nitrogen and oxygen atoms in total. The maximum atomic E-state index is 12.7.